The van der Waals surface area contributed by atoms with Crippen LogP contribution in [0.5, 0.6) is 0 Å². The topological polar surface area (TPSA) is 35.8 Å². The van der Waals surface area contributed by atoms with Crippen molar-refractivity contribution in [2.45, 2.75) is 26.8 Å². The molecule has 0 spiro atoms. The molecule has 0 aliphatic rings. The van der Waals surface area contributed by atoms with Crippen molar-refractivity contribution in [3.63, 3.8) is 0 Å². The van der Waals surface area contributed by atoms with E-state index in [2.05, 4.69) is 66.3 Å². The number of nitriles is 1. The maximum Gasteiger partial charge on any atom is 0.0992 e. The smallest absolute Gasteiger partial charge is 0.0992 e. The quantitative estimate of drug-likeness (QED) is 0.849. The molecule has 1 N–H and O–H groups in total. The highest BCUT2D eigenvalue weighted by atomic mass is 79.9. The molecular weight excluding hydrogens is 312 g/mol. The summed E-state index contributed by atoms with van der Waals surface area (Å²) in [4.78, 5) is 0. The monoisotopic (exact) mass is 328 g/mol. The number of nitrogens with one attached hydrogen (secondary N) is 1. The van der Waals surface area contributed by atoms with Crippen LogP contribution in [-0.2, 0) is 0 Å². The van der Waals surface area contributed by atoms with Crippen LogP contribution in [0.15, 0.2) is 40.9 Å². The molecule has 2 nitrogen and oxygen atoms in total. The number of benzene rings is 2. The van der Waals surface area contributed by atoms with Gasteiger partial charge in [0.1, 0.15) is 0 Å². The average molecular weight is 329 g/mol. The predicted octanol–water partition coefficient (Wildman–Crippen LogP) is 5.11. The van der Waals surface area contributed by atoms with E-state index in [0.717, 1.165) is 10.2 Å². The van der Waals surface area contributed by atoms with Crippen LogP contribution in [0.4, 0.5) is 5.69 Å². The van der Waals surface area contributed by atoms with Crippen LogP contribution in [0.25, 0.3) is 0 Å². The van der Waals surface area contributed by atoms with Gasteiger partial charge in [0.15, 0.2) is 0 Å². The Bertz CT molecular complexity index is 671. The summed E-state index contributed by atoms with van der Waals surface area (Å²) in [5, 5.41) is 12.3. The van der Waals surface area contributed by atoms with E-state index in [1.165, 1.54) is 16.7 Å². The van der Waals surface area contributed by atoms with Crippen molar-refractivity contribution in [2.75, 3.05) is 5.32 Å². The molecule has 2 aromatic carbocycles. The number of rotatable bonds is 3. The van der Waals surface area contributed by atoms with Gasteiger partial charge in [-0.1, -0.05) is 18.2 Å². The Morgan fingerprint density at radius 3 is 2.45 bits per heavy atom. The second-order valence-corrected chi connectivity index (χ2v) is 5.87. The summed E-state index contributed by atoms with van der Waals surface area (Å²) < 4.78 is 0.909. The van der Waals surface area contributed by atoms with Crippen molar-refractivity contribution in [1.82, 2.24) is 0 Å². The van der Waals surface area contributed by atoms with E-state index in [9.17, 15) is 0 Å². The maximum atomic E-state index is 8.88. The number of hydrogen-bond donors (Lipinski definition) is 1. The van der Waals surface area contributed by atoms with Gasteiger partial charge in [0.25, 0.3) is 0 Å². The molecule has 0 saturated heterocycles. The Morgan fingerprint density at radius 1 is 1.10 bits per heavy atom. The fourth-order valence-corrected chi connectivity index (χ4v) is 2.55. The summed E-state index contributed by atoms with van der Waals surface area (Å²) >= 11 is 3.50. The van der Waals surface area contributed by atoms with Crippen LogP contribution in [0.1, 0.15) is 35.2 Å². The minimum absolute atomic E-state index is 0.207. The molecule has 2 aromatic rings. The molecule has 3 heteroatoms. The predicted molar refractivity (Wildman–Crippen MR) is 86.8 cm³/mol. The van der Waals surface area contributed by atoms with Crippen LogP contribution < -0.4 is 5.32 Å². The third-order valence-corrected chi connectivity index (χ3v) is 4.16. The van der Waals surface area contributed by atoms with Crippen molar-refractivity contribution in [1.29, 1.82) is 5.26 Å². The Labute approximate surface area is 128 Å². The van der Waals surface area contributed by atoms with Crippen molar-refractivity contribution < 1.29 is 0 Å². The van der Waals surface area contributed by atoms with E-state index in [1.807, 2.05) is 18.2 Å². The van der Waals surface area contributed by atoms with Gasteiger partial charge in [0.2, 0.25) is 0 Å². The van der Waals surface area contributed by atoms with Crippen molar-refractivity contribution >= 4 is 21.6 Å². The lowest BCUT2D eigenvalue weighted by Crippen LogP contribution is -2.07. The second kappa shape index (κ2) is 6.11. The summed E-state index contributed by atoms with van der Waals surface area (Å²) in [6.07, 6.45) is 0. The summed E-state index contributed by atoms with van der Waals surface area (Å²) in [6, 6.07) is 14.4. The molecule has 0 heterocycles. The molecule has 1 unspecified atom stereocenters. The lowest BCUT2D eigenvalue weighted by atomic mass is 10.0. The van der Waals surface area contributed by atoms with Crippen LogP contribution in [-0.4, -0.2) is 0 Å². The number of anilines is 1. The molecular formula is C17H17BrN2. The molecule has 2 rings (SSSR count). The largest absolute Gasteiger partial charge is 0.378 e. The molecule has 0 bridgehead atoms. The third-order valence-electron chi connectivity index (χ3n) is 3.50. The molecule has 1 atom stereocenters. The zero-order chi connectivity index (χ0) is 14.7. The Kier molecular flexibility index (Phi) is 4.46. The molecule has 0 aromatic heterocycles. The second-order valence-electron chi connectivity index (χ2n) is 5.02. The molecule has 0 amide bonds. The Balaban J connectivity index is 2.21. The molecule has 0 aliphatic carbocycles. The van der Waals surface area contributed by atoms with Gasteiger partial charge in [-0.25, -0.2) is 0 Å². The lowest BCUT2D eigenvalue weighted by molar-refractivity contribution is 0.880. The molecule has 0 saturated carbocycles. The van der Waals surface area contributed by atoms with Crippen LogP contribution in [0.3, 0.4) is 0 Å². The highest BCUT2D eigenvalue weighted by molar-refractivity contribution is 9.10. The zero-order valence-corrected chi connectivity index (χ0v) is 13.5. The van der Waals surface area contributed by atoms with Crippen molar-refractivity contribution in [2.24, 2.45) is 0 Å². The van der Waals surface area contributed by atoms with E-state index in [4.69, 9.17) is 5.26 Å². The van der Waals surface area contributed by atoms with E-state index in [1.54, 1.807) is 0 Å². The first-order chi connectivity index (χ1) is 9.51. The first-order valence-corrected chi connectivity index (χ1v) is 7.34. The van der Waals surface area contributed by atoms with Gasteiger partial charge in [-0.2, -0.15) is 5.26 Å². The number of aryl methyl sites for hydroxylation is 2. The van der Waals surface area contributed by atoms with Gasteiger partial charge < -0.3 is 5.32 Å². The summed E-state index contributed by atoms with van der Waals surface area (Å²) in [6.45, 7) is 6.38. The minimum Gasteiger partial charge on any atom is -0.378 e. The van der Waals surface area contributed by atoms with E-state index in [-0.39, 0.29) is 6.04 Å². The zero-order valence-electron chi connectivity index (χ0n) is 11.9. The third kappa shape index (κ3) is 3.20. The normalized spacial score (nSPS) is 11.8. The van der Waals surface area contributed by atoms with E-state index < -0.39 is 0 Å². The van der Waals surface area contributed by atoms with Gasteiger partial charge in [-0.05, 0) is 71.6 Å². The van der Waals surface area contributed by atoms with Gasteiger partial charge in [0.05, 0.1) is 11.6 Å². The highest BCUT2D eigenvalue weighted by Crippen LogP contribution is 2.28. The van der Waals surface area contributed by atoms with Crippen LogP contribution in [0.2, 0.25) is 0 Å². The van der Waals surface area contributed by atoms with Crippen molar-refractivity contribution in [3.8, 4) is 6.07 Å². The summed E-state index contributed by atoms with van der Waals surface area (Å²) in [7, 11) is 0. The molecule has 0 fully saturated rings. The average Bonchev–Trinajstić information content (AvgIpc) is 2.43. The van der Waals surface area contributed by atoms with Gasteiger partial charge in [0, 0.05) is 16.2 Å². The van der Waals surface area contributed by atoms with Gasteiger partial charge in [-0.3, -0.25) is 0 Å². The Hall–Kier alpha value is -1.79. The number of nitrogens with zero attached hydrogens (tertiary/aromatic N) is 1. The summed E-state index contributed by atoms with van der Waals surface area (Å²) in [5.41, 5.74) is 5.51. The minimum atomic E-state index is 0.207. The van der Waals surface area contributed by atoms with E-state index in [0.29, 0.717) is 5.56 Å². The maximum absolute atomic E-state index is 8.88. The first-order valence-electron chi connectivity index (χ1n) is 6.54. The first kappa shape index (κ1) is 14.6. The Morgan fingerprint density at radius 2 is 1.85 bits per heavy atom. The number of hydrogen-bond acceptors (Lipinski definition) is 2. The fourth-order valence-electron chi connectivity index (χ4n) is 2.05. The van der Waals surface area contributed by atoms with Crippen molar-refractivity contribution in [3.05, 3.63) is 63.1 Å². The molecule has 102 valence electrons. The molecule has 20 heavy (non-hydrogen) atoms. The van der Waals surface area contributed by atoms with Crippen LogP contribution >= 0.6 is 15.9 Å². The van der Waals surface area contributed by atoms with Crippen LogP contribution in [0, 0.1) is 25.2 Å². The lowest BCUT2D eigenvalue weighted by Gasteiger charge is -2.18. The fraction of sp³-hybridized carbons (Fsp3) is 0.235. The van der Waals surface area contributed by atoms with E-state index >= 15 is 0 Å². The standard InChI is InChI=1S/C17H17BrN2/c1-11-4-6-15(8-12(11)2)13(3)20-17-7-5-14(10-19)9-16(17)18/h4-9,13,20H,1-3H3. The van der Waals surface area contributed by atoms with Gasteiger partial charge in [-0.15, -0.1) is 0 Å². The molecule has 0 radical (unpaired) electrons. The summed E-state index contributed by atoms with van der Waals surface area (Å²) in [5.74, 6) is 0. The number of halogens is 1. The highest BCUT2D eigenvalue weighted by Gasteiger charge is 2.09. The molecule has 0 aliphatic heterocycles. The SMILES string of the molecule is Cc1ccc(C(C)Nc2ccc(C#N)cc2Br)cc1C. The van der Waals surface area contributed by atoms with Gasteiger partial charge >= 0.3 is 0 Å².